The normalized spacial score (nSPS) is 20.8. The maximum Gasteiger partial charge on any atom is 0.252 e. The third-order valence-electron chi connectivity index (χ3n) is 5.85. The Balaban J connectivity index is 1.68. The fourth-order valence-electron chi connectivity index (χ4n) is 3.89. The number of nitriles is 1. The number of hydrogen-bond acceptors (Lipinski definition) is 4. The second-order valence-corrected chi connectivity index (χ2v) is 8.28. The van der Waals surface area contributed by atoms with E-state index >= 15 is 0 Å². The number of ether oxygens (including phenoxy) is 2. The Hall–Kier alpha value is -3.00. The van der Waals surface area contributed by atoms with Gasteiger partial charge in [-0.05, 0) is 62.3 Å². The molecule has 1 N–H and O–H groups in total. The van der Waals surface area contributed by atoms with Crippen molar-refractivity contribution in [3.05, 3.63) is 59.2 Å². The quantitative estimate of drug-likeness (QED) is 0.715. The third-order valence-corrected chi connectivity index (χ3v) is 5.85. The number of benzene rings is 2. The summed E-state index contributed by atoms with van der Waals surface area (Å²) < 4.78 is 11.3. The van der Waals surface area contributed by atoms with Crippen LogP contribution in [0.4, 0.5) is 0 Å². The van der Waals surface area contributed by atoms with Crippen LogP contribution in [0.25, 0.3) is 0 Å². The van der Waals surface area contributed by atoms with Crippen LogP contribution in [0.2, 0.25) is 0 Å². The number of carbonyl (C=O) groups is 1. The zero-order chi connectivity index (χ0) is 21.6. The van der Waals surface area contributed by atoms with Gasteiger partial charge in [0, 0.05) is 12.0 Å². The summed E-state index contributed by atoms with van der Waals surface area (Å²) in [4.78, 5) is 12.9. The van der Waals surface area contributed by atoms with Gasteiger partial charge in [0.05, 0.1) is 19.8 Å². The third kappa shape index (κ3) is 5.33. The fourth-order valence-corrected chi connectivity index (χ4v) is 3.89. The molecule has 1 saturated carbocycles. The highest BCUT2D eigenvalue weighted by atomic mass is 16.5. The molecule has 158 valence electrons. The molecule has 2 aromatic carbocycles. The first-order valence-corrected chi connectivity index (χ1v) is 10.5. The van der Waals surface area contributed by atoms with Crippen molar-refractivity contribution in [1.82, 2.24) is 5.32 Å². The molecule has 0 aromatic heterocycles. The summed E-state index contributed by atoms with van der Waals surface area (Å²) in [6.45, 7) is 4.73. The van der Waals surface area contributed by atoms with Crippen LogP contribution in [-0.2, 0) is 6.42 Å². The molecule has 1 amide bonds. The van der Waals surface area contributed by atoms with Crippen LogP contribution < -0.4 is 14.8 Å². The average molecular weight is 407 g/mol. The van der Waals surface area contributed by atoms with Crippen LogP contribution in [0.1, 0.15) is 54.1 Å². The smallest absolute Gasteiger partial charge is 0.252 e. The van der Waals surface area contributed by atoms with Crippen molar-refractivity contribution in [2.24, 2.45) is 5.92 Å². The predicted octanol–water partition coefficient (Wildman–Crippen LogP) is 4.83. The van der Waals surface area contributed by atoms with Gasteiger partial charge in [-0.1, -0.05) is 36.8 Å². The molecule has 0 saturated heterocycles. The van der Waals surface area contributed by atoms with Crippen LogP contribution in [0.5, 0.6) is 11.5 Å². The molecule has 0 spiro atoms. The molecule has 5 nitrogen and oxygen atoms in total. The van der Waals surface area contributed by atoms with Gasteiger partial charge in [0.1, 0.15) is 5.54 Å². The van der Waals surface area contributed by atoms with Gasteiger partial charge >= 0.3 is 0 Å². The zero-order valence-corrected chi connectivity index (χ0v) is 18.0. The van der Waals surface area contributed by atoms with Gasteiger partial charge in [-0.2, -0.15) is 5.26 Å². The largest absolute Gasteiger partial charge is 0.493 e. The number of nitrogens with zero attached hydrogens (tertiary/aromatic N) is 1. The van der Waals surface area contributed by atoms with Crippen molar-refractivity contribution in [1.29, 1.82) is 5.26 Å². The molecule has 1 fully saturated rings. The van der Waals surface area contributed by atoms with Gasteiger partial charge < -0.3 is 14.8 Å². The Labute approximate surface area is 179 Å². The summed E-state index contributed by atoms with van der Waals surface area (Å²) >= 11 is 0. The van der Waals surface area contributed by atoms with Crippen molar-refractivity contribution in [2.75, 3.05) is 13.7 Å². The molecular weight excluding hydrogens is 376 g/mol. The fraction of sp³-hybridized carbons (Fsp3) is 0.440. The van der Waals surface area contributed by atoms with E-state index in [0.717, 1.165) is 19.3 Å². The minimum atomic E-state index is -0.782. The Bertz CT molecular complexity index is 924. The van der Waals surface area contributed by atoms with Crippen molar-refractivity contribution in [3.63, 3.8) is 0 Å². The molecule has 0 radical (unpaired) electrons. The number of hydrogen-bond donors (Lipinski definition) is 1. The standard InChI is InChI=1S/C25H30N2O3/c1-18-9-12-25(17-26,13-10-18)27-24(28)21-7-8-22(29-3)23(16-21)30-14-11-20-6-4-5-19(2)15-20/h4-8,15-16,18H,9-14H2,1-3H3,(H,27,28)/t18-,25-. The molecule has 0 heterocycles. The SMILES string of the molecule is COc1ccc(C(=O)N[C@]2(C#N)CC[C@@H](C)CC2)cc1OCCc1cccc(C)c1. The Morgan fingerprint density at radius 2 is 1.97 bits per heavy atom. The number of nitrogens with one attached hydrogen (secondary N) is 1. The molecule has 1 aliphatic carbocycles. The molecule has 1 aliphatic rings. The average Bonchev–Trinajstić information content (AvgIpc) is 2.75. The minimum Gasteiger partial charge on any atom is -0.493 e. The van der Waals surface area contributed by atoms with Gasteiger partial charge in [-0.25, -0.2) is 0 Å². The van der Waals surface area contributed by atoms with E-state index in [1.807, 2.05) is 6.07 Å². The zero-order valence-electron chi connectivity index (χ0n) is 18.0. The molecule has 2 aromatic rings. The highest BCUT2D eigenvalue weighted by molar-refractivity contribution is 5.95. The maximum atomic E-state index is 12.9. The monoisotopic (exact) mass is 406 g/mol. The minimum absolute atomic E-state index is 0.253. The van der Waals surface area contributed by atoms with Gasteiger partial charge in [-0.15, -0.1) is 0 Å². The lowest BCUT2D eigenvalue weighted by Gasteiger charge is -2.34. The van der Waals surface area contributed by atoms with Crippen LogP contribution in [0.3, 0.4) is 0 Å². The number of rotatable bonds is 7. The lowest BCUT2D eigenvalue weighted by Crippen LogP contribution is -2.49. The highest BCUT2D eigenvalue weighted by Crippen LogP contribution is 2.33. The van der Waals surface area contributed by atoms with Gasteiger partial charge in [-0.3, -0.25) is 4.79 Å². The van der Waals surface area contributed by atoms with Crippen LogP contribution >= 0.6 is 0 Å². The summed E-state index contributed by atoms with van der Waals surface area (Å²) in [5.74, 6) is 1.45. The first-order chi connectivity index (χ1) is 14.4. The molecule has 0 aliphatic heterocycles. The Morgan fingerprint density at radius 1 is 1.20 bits per heavy atom. The van der Waals surface area contributed by atoms with Crippen molar-refractivity contribution < 1.29 is 14.3 Å². The van der Waals surface area contributed by atoms with E-state index < -0.39 is 5.54 Å². The van der Waals surface area contributed by atoms with E-state index in [-0.39, 0.29) is 5.91 Å². The summed E-state index contributed by atoms with van der Waals surface area (Å²) in [7, 11) is 1.58. The summed E-state index contributed by atoms with van der Waals surface area (Å²) in [6.07, 6.45) is 4.03. The number of methoxy groups -OCH3 is 1. The summed E-state index contributed by atoms with van der Waals surface area (Å²) in [5, 5.41) is 12.7. The molecule has 5 heteroatoms. The lowest BCUT2D eigenvalue weighted by atomic mass is 9.78. The molecular formula is C25H30N2O3. The molecule has 0 bridgehead atoms. The van der Waals surface area contributed by atoms with Gasteiger partial charge in [0.15, 0.2) is 11.5 Å². The van der Waals surface area contributed by atoms with E-state index in [9.17, 15) is 10.1 Å². The second kappa shape index (κ2) is 9.67. The van der Waals surface area contributed by atoms with Crippen molar-refractivity contribution >= 4 is 5.91 Å². The van der Waals surface area contributed by atoms with E-state index in [4.69, 9.17) is 9.47 Å². The molecule has 3 rings (SSSR count). The van der Waals surface area contributed by atoms with Crippen molar-refractivity contribution in [2.45, 2.75) is 51.5 Å². The summed E-state index contributed by atoms with van der Waals surface area (Å²) in [6, 6.07) is 15.8. The number of carbonyl (C=O) groups excluding carboxylic acids is 1. The van der Waals surface area contributed by atoms with Gasteiger partial charge in [0.25, 0.3) is 5.91 Å². The molecule has 30 heavy (non-hydrogen) atoms. The number of aryl methyl sites for hydroxylation is 1. The first-order valence-electron chi connectivity index (χ1n) is 10.5. The number of amides is 1. The molecule has 0 atom stereocenters. The highest BCUT2D eigenvalue weighted by Gasteiger charge is 2.36. The van der Waals surface area contributed by atoms with Crippen molar-refractivity contribution in [3.8, 4) is 17.6 Å². The first kappa shape index (κ1) is 21.7. The Morgan fingerprint density at radius 3 is 2.63 bits per heavy atom. The topological polar surface area (TPSA) is 71.3 Å². The van der Waals surface area contributed by atoms with E-state index in [2.05, 4.69) is 43.4 Å². The summed E-state index contributed by atoms with van der Waals surface area (Å²) in [5.41, 5.74) is 2.10. The van der Waals surface area contributed by atoms with E-state index in [1.54, 1.807) is 25.3 Å². The predicted molar refractivity (Wildman–Crippen MR) is 117 cm³/mol. The molecule has 0 unspecified atom stereocenters. The van der Waals surface area contributed by atoms with Crippen LogP contribution in [0, 0.1) is 24.2 Å². The lowest BCUT2D eigenvalue weighted by molar-refractivity contribution is 0.0893. The second-order valence-electron chi connectivity index (χ2n) is 8.28. The Kier molecular flexibility index (Phi) is 6.99. The maximum absolute atomic E-state index is 12.9. The van der Waals surface area contributed by atoms with E-state index in [0.29, 0.717) is 42.4 Å². The van der Waals surface area contributed by atoms with Crippen LogP contribution in [0.15, 0.2) is 42.5 Å². The van der Waals surface area contributed by atoms with E-state index in [1.165, 1.54) is 11.1 Å². The van der Waals surface area contributed by atoms with Crippen LogP contribution in [-0.4, -0.2) is 25.2 Å². The van der Waals surface area contributed by atoms with Gasteiger partial charge in [0.2, 0.25) is 0 Å².